The fourth-order valence-corrected chi connectivity index (χ4v) is 3.84. The summed E-state index contributed by atoms with van der Waals surface area (Å²) in [6, 6.07) is 11.5. The van der Waals surface area contributed by atoms with Gasteiger partial charge in [-0.1, -0.05) is 30.3 Å². The molecular weight excluding hydrogens is 370 g/mol. The highest BCUT2D eigenvalue weighted by Gasteiger charge is 2.19. The Morgan fingerprint density at radius 2 is 1.70 bits per heavy atom. The molecule has 0 saturated carbocycles. The lowest BCUT2D eigenvalue weighted by Gasteiger charge is -2.27. The minimum atomic E-state index is -0.756. The third-order valence-corrected chi connectivity index (χ3v) is 5.38. The molecule has 1 fully saturated rings. The monoisotopic (exact) mass is 392 g/mol. The third kappa shape index (κ3) is 5.60. The fourth-order valence-electron chi connectivity index (χ4n) is 2.97. The van der Waals surface area contributed by atoms with Crippen LogP contribution in [-0.2, 0) is 11.3 Å². The topological polar surface area (TPSA) is 41.6 Å². The van der Waals surface area contributed by atoms with Crippen LogP contribution < -0.4 is 10.2 Å². The molecule has 1 aliphatic rings. The molecular formula is C20H22F2N2O2S. The van der Waals surface area contributed by atoms with Crippen LogP contribution in [-0.4, -0.2) is 30.7 Å². The third-order valence-electron chi connectivity index (χ3n) is 4.23. The van der Waals surface area contributed by atoms with E-state index >= 15 is 0 Å². The van der Waals surface area contributed by atoms with Crippen LogP contribution in [0, 0.1) is 11.6 Å². The predicted octanol–water partition coefficient (Wildman–Crippen LogP) is 5.05. The summed E-state index contributed by atoms with van der Waals surface area (Å²) < 4.78 is 34.2. The van der Waals surface area contributed by atoms with Gasteiger partial charge in [0.15, 0.2) is 11.6 Å². The number of thioether (sulfide) groups is 1. The molecule has 1 N–H and O–H groups in total. The zero-order valence-corrected chi connectivity index (χ0v) is 15.7. The molecule has 1 amide bonds. The average Bonchev–Trinajstić information content (AvgIpc) is 2.62. The molecule has 0 aromatic heterocycles. The van der Waals surface area contributed by atoms with Crippen molar-refractivity contribution in [1.29, 1.82) is 0 Å². The summed E-state index contributed by atoms with van der Waals surface area (Å²) in [5, 5.41) is 2.38. The SMILES string of the molecule is O=C(Nc1cc(F)c(N2CCCSCCC2)c(F)c1)OCc1ccccc1. The van der Waals surface area contributed by atoms with Gasteiger partial charge in [-0.05, 0) is 42.0 Å². The van der Waals surface area contributed by atoms with Crippen LogP contribution in [0.25, 0.3) is 0 Å². The van der Waals surface area contributed by atoms with Gasteiger partial charge in [-0.2, -0.15) is 11.8 Å². The Morgan fingerprint density at radius 1 is 1.07 bits per heavy atom. The fraction of sp³-hybridized carbons (Fsp3) is 0.350. The zero-order valence-electron chi connectivity index (χ0n) is 14.9. The first-order chi connectivity index (χ1) is 13.1. The van der Waals surface area contributed by atoms with Gasteiger partial charge in [-0.15, -0.1) is 0 Å². The molecule has 1 saturated heterocycles. The van der Waals surface area contributed by atoms with Gasteiger partial charge in [0.1, 0.15) is 12.3 Å². The first-order valence-electron chi connectivity index (χ1n) is 8.93. The molecule has 144 valence electrons. The lowest BCUT2D eigenvalue weighted by atomic mass is 10.2. The van der Waals surface area contributed by atoms with Crippen molar-refractivity contribution >= 4 is 29.2 Å². The van der Waals surface area contributed by atoms with Crippen molar-refractivity contribution in [3.8, 4) is 0 Å². The van der Waals surface area contributed by atoms with Gasteiger partial charge in [0.25, 0.3) is 0 Å². The molecule has 27 heavy (non-hydrogen) atoms. The minimum absolute atomic E-state index is 0.0231. The number of carbonyl (C=O) groups is 1. The van der Waals surface area contributed by atoms with Gasteiger partial charge in [-0.25, -0.2) is 13.6 Å². The molecule has 1 heterocycles. The van der Waals surface area contributed by atoms with E-state index in [1.54, 1.807) is 4.90 Å². The molecule has 0 spiro atoms. The highest BCUT2D eigenvalue weighted by Crippen LogP contribution is 2.29. The molecule has 7 heteroatoms. The Balaban J connectivity index is 1.64. The second kappa shape index (κ2) is 9.60. The van der Waals surface area contributed by atoms with Gasteiger partial charge < -0.3 is 9.64 Å². The Morgan fingerprint density at radius 3 is 2.33 bits per heavy atom. The Kier molecular flexibility index (Phi) is 6.92. The number of carbonyl (C=O) groups excluding carboxylic acids is 1. The van der Waals surface area contributed by atoms with Crippen molar-refractivity contribution in [2.45, 2.75) is 19.4 Å². The molecule has 0 bridgehead atoms. The number of nitrogens with zero attached hydrogens (tertiary/aromatic N) is 1. The maximum Gasteiger partial charge on any atom is 0.411 e. The zero-order chi connectivity index (χ0) is 19.1. The van der Waals surface area contributed by atoms with E-state index in [1.807, 2.05) is 42.1 Å². The van der Waals surface area contributed by atoms with Gasteiger partial charge in [0, 0.05) is 18.8 Å². The molecule has 3 rings (SSSR count). The summed E-state index contributed by atoms with van der Waals surface area (Å²) in [5.41, 5.74) is 0.843. The second-order valence-corrected chi connectivity index (χ2v) is 7.51. The van der Waals surface area contributed by atoms with E-state index in [2.05, 4.69) is 5.32 Å². The standard InChI is InChI=1S/C20H22F2N2O2S/c21-17-12-16(23-20(25)26-14-15-6-2-1-3-7-15)13-18(22)19(17)24-8-4-10-27-11-5-9-24/h1-3,6-7,12-13H,4-5,8-11,14H2,(H,23,25). The van der Waals surface area contributed by atoms with Crippen molar-refractivity contribution in [3.63, 3.8) is 0 Å². The predicted molar refractivity (Wildman–Crippen MR) is 105 cm³/mol. The highest BCUT2D eigenvalue weighted by molar-refractivity contribution is 7.99. The smallest absolute Gasteiger partial charge is 0.411 e. The Labute approximate surface area is 161 Å². The van der Waals surface area contributed by atoms with Crippen LogP contribution in [0.15, 0.2) is 42.5 Å². The summed E-state index contributed by atoms with van der Waals surface area (Å²) >= 11 is 1.87. The van der Waals surface area contributed by atoms with E-state index in [0.29, 0.717) is 13.1 Å². The van der Waals surface area contributed by atoms with Crippen LogP contribution in [0.1, 0.15) is 18.4 Å². The second-order valence-electron chi connectivity index (χ2n) is 6.28. The van der Waals surface area contributed by atoms with Crippen molar-refractivity contribution in [2.75, 3.05) is 34.8 Å². The number of hydrogen-bond donors (Lipinski definition) is 1. The van der Waals surface area contributed by atoms with Gasteiger partial charge >= 0.3 is 6.09 Å². The van der Waals surface area contributed by atoms with Gasteiger partial charge in [0.2, 0.25) is 0 Å². The van der Waals surface area contributed by atoms with Gasteiger partial charge in [-0.3, -0.25) is 5.32 Å². The number of ether oxygens (including phenoxy) is 1. The molecule has 4 nitrogen and oxygen atoms in total. The van der Waals surface area contributed by atoms with E-state index in [1.165, 1.54) is 0 Å². The van der Waals surface area contributed by atoms with E-state index in [9.17, 15) is 13.6 Å². The first-order valence-corrected chi connectivity index (χ1v) is 10.1. The number of amides is 1. The minimum Gasteiger partial charge on any atom is -0.444 e. The summed E-state index contributed by atoms with van der Waals surface area (Å²) in [6.07, 6.45) is 1.01. The summed E-state index contributed by atoms with van der Waals surface area (Å²) in [6.45, 7) is 1.32. The van der Waals surface area contributed by atoms with Crippen LogP contribution in [0.2, 0.25) is 0 Å². The van der Waals surface area contributed by atoms with Gasteiger partial charge in [0.05, 0.1) is 0 Å². The Bertz CT molecular complexity index is 743. The molecule has 1 aliphatic heterocycles. The van der Waals surface area contributed by atoms with Crippen LogP contribution in [0.5, 0.6) is 0 Å². The number of hydrogen-bond acceptors (Lipinski definition) is 4. The molecule has 0 unspecified atom stereocenters. The largest absolute Gasteiger partial charge is 0.444 e. The van der Waals surface area contributed by atoms with Crippen molar-refractivity contribution in [3.05, 3.63) is 59.7 Å². The number of benzene rings is 2. The average molecular weight is 392 g/mol. The lowest BCUT2D eigenvalue weighted by molar-refractivity contribution is 0.155. The number of rotatable bonds is 4. The van der Waals surface area contributed by atoms with Crippen molar-refractivity contribution < 1.29 is 18.3 Å². The molecule has 0 aliphatic carbocycles. The number of anilines is 2. The van der Waals surface area contributed by atoms with Crippen LogP contribution in [0.3, 0.4) is 0 Å². The first kappa shape index (κ1) is 19.5. The maximum atomic E-state index is 14.6. The quantitative estimate of drug-likeness (QED) is 0.791. The summed E-state index contributed by atoms with van der Waals surface area (Å²) in [5.74, 6) is 0.627. The molecule has 2 aromatic carbocycles. The van der Waals surface area contributed by atoms with E-state index < -0.39 is 17.7 Å². The Hall–Kier alpha value is -2.28. The maximum absolute atomic E-state index is 14.6. The van der Waals surface area contributed by atoms with Crippen LogP contribution >= 0.6 is 11.8 Å². The number of halogens is 2. The summed E-state index contributed by atoms with van der Waals surface area (Å²) in [4.78, 5) is 13.6. The molecule has 2 aromatic rings. The normalized spacial score (nSPS) is 15.0. The van der Waals surface area contributed by atoms with Crippen molar-refractivity contribution in [1.82, 2.24) is 0 Å². The van der Waals surface area contributed by atoms with E-state index in [0.717, 1.165) is 42.0 Å². The van der Waals surface area contributed by atoms with Crippen LogP contribution in [0.4, 0.5) is 25.0 Å². The van der Waals surface area contributed by atoms with E-state index in [-0.39, 0.29) is 18.0 Å². The lowest BCUT2D eigenvalue weighted by Crippen LogP contribution is -2.29. The van der Waals surface area contributed by atoms with E-state index in [4.69, 9.17) is 4.74 Å². The number of nitrogens with one attached hydrogen (secondary N) is 1. The summed E-state index contributed by atoms with van der Waals surface area (Å²) in [7, 11) is 0. The highest BCUT2D eigenvalue weighted by atomic mass is 32.2. The molecule has 0 atom stereocenters. The van der Waals surface area contributed by atoms with Crippen molar-refractivity contribution in [2.24, 2.45) is 0 Å². The molecule has 0 radical (unpaired) electrons.